The zero-order valence-corrected chi connectivity index (χ0v) is 11.9. The Bertz CT molecular complexity index is 510. The molecule has 0 radical (unpaired) electrons. The molecule has 19 heavy (non-hydrogen) atoms. The van der Waals surface area contributed by atoms with E-state index in [0.717, 1.165) is 24.7 Å². The second kappa shape index (κ2) is 6.85. The predicted molar refractivity (Wildman–Crippen MR) is 73.0 cm³/mol. The Labute approximate surface area is 113 Å². The number of likely N-dealkylation sites (N-methyl/N-ethyl adjacent to an activating group) is 1. The first kappa shape index (κ1) is 15.9. The Hall–Kier alpha value is -1.15. The molecule has 1 fully saturated rings. The third-order valence-corrected chi connectivity index (χ3v) is 3.63. The highest BCUT2D eigenvalue weighted by molar-refractivity contribution is 7.86. The number of hydrogen-bond acceptors (Lipinski definition) is 5. The third-order valence-electron chi connectivity index (χ3n) is 2.73. The average molecular weight is 288 g/mol. The van der Waals surface area contributed by atoms with Gasteiger partial charge in [-0.25, -0.2) is 0 Å². The van der Waals surface area contributed by atoms with Crippen LogP contribution in [-0.2, 0) is 10.1 Å². The molecule has 0 atom stereocenters. The first-order chi connectivity index (χ1) is 8.80. The lowest BCUT2D eigenvalue weighted by Crippen LogP contribution is -2.40. The van der Waals surface area contributed by atoms with Gasteiger partial charge in [0.2, 0.25) is 0 Å². The van der Waals surface area contributed by atoms with E-state index >= 15 is 0 Å². The molecule has 0 bridgehead atoms. The normalized spacial score (nSPS) is 16.6. The van der Waals surface area contributed by atoms with Crippen molar-refractivity contribution in [1.29, 1.82) is 0 Å². The summed E-state index contributed by atoms with van der Waals surface area (Å²) < 4.78 is 29.7. The molecule has 0 saturated carbocycles. The average Bonchev–Trinajstić information content (AvgIpc) is 2.28. The van der Waals surface area contributed by atoms with Crippen molar-refractivity contribution in [2.45, 2.75) is 11.8 Å². The van der Waals surface area contributed by atoms with Gasteiger partial charge >= 0.3 is 0 Å². The highest BCUT2D eigenvalue weighted by Gasteiger charge is 2.14. The fraction of sp³-hybridized carbons (Fsp3) is 0.500. The maximum absolute atomic E-state index is 10.6. The summed E-state index contributed by atoms with van der Waals surface area (Å²) in [6, 6.07) is 3.91. The van der Waals surface area contributed by atoms with Gasteiger partial charge in [-0.3, -0.25) is 4.55 Å². The van der Waals surface area contributed by atoms with Crippen molar-refractivity contribution in [3.63, 3.8) is 0 Å². The Morgan fingerprint density at radius 1 is 1.26 bits per heavy atom. The number of aromatic hydroxyl groups is 1. The van der Waals surface area contributed by atoms with Crippen LogP contribution in [-0.4, -0.2) is 56.2 Å². The van der Waals surface area contributed by atoms with Crippen LogP contribution >= 0.6 is 0 Å². The summed E-state index contributed by atoms with van der Waals surface area (Å²) in [5.41, 5.74) is 0.722. The highest BCUT2D eigenvalue weighted by atomic mass is 32.2. The lowest BCUT2D eigenvalue weighted by Gasteiger charge is -2.21. The molecule has 1 saturated heterocycles. The van der Waals surface area contributed by atoms with Crippen LogP contribution in [0.5, 0.6) is 5.75 Å². The molecule has 0 aliphatic carbocycles. The van der Waals surface area contributed by atoms with Crippen LogP contribution in [0.2, 0.25) is 0 Å². The van der Waals surface area contributed by atoms with Gasteiger partial charge < -0.3 is 15.3 Å². The number of nitrogens with one attached hydrogen (secondary N) is 1. The van der Waals surface area contributed by atoms with E-state index in [2.05, 4.69) is 17.3 Å². The summed E-state index contributed by atoms with van der Waals surface area (Å²) in [6.07, 6.45) is 0. The van der Waals surface area contributed by atoms with E-state index in [9.17, 15) is 8.42 Å². The van der Waals surface area contributed by atoms with Crippen LogP contribution in [0.25, 0.3) is 0 Å². The molecule has 1 aromatic carbocycles. The van der Waals surface area contributed by atoms with E-state index in [1.807, 2.05) is 0 Å². The summed E-state index contributed by atoms with van der Waals surface area (Å²) in [4.78, 5) is 1.87. The molecule has 0 unspecified atom stereocenters. The SMILES string of the molecule is CN1CCNCC1.Cc1ccc(S(=O)(=O)O)c(O)c1. The summed E-state index contributed by atoms with van der Waals surface area (Å²) in [6.45, 7) is 6.44. The molecule has 0 amide bonds. The molecule has 1 aliphatic rings. The van der Waals surface area contributed by atoms with Crippen molar-refractivity contribution in [2.75, 3.05) is 33.2 Å². The molecule has 1 aliphatic heterocycles. The summed E-state index contributed by atoms with van der Waals surface area (Å²) in [5, 5.41) is 12.4. The van der Waals surface area contributed by atoms with E-state index in [-0.39, 0.29) is 0 Å². The van der Waals surface area contributed by atoms with Gasteiger partial charge in [-0.05, 0) is 31.7 Å². The number of phenolic OH excluding ortho intramolecular Hbond substituents is 1. The number of benzene rings is 1. The molecule has 2 rings (SSSR count). The second-order valence-corrected chi connectivity index (χ2v) is 5.89. The molecule has 1 aromatic rings. The van der Waals surface area contributed by atoms with Crippen LogP contribution in [0, 0.1) is 6.92 Å². The van der Waals surface area contributed by atoms with Gasteiger partial charge in [-0.15, -0.1) is 0 Å². The molecule has 108 valence electrons. The Morgan fingerprint density at radius 2 is 1.84 bits per heavy atom. The zero-order valence-electron chi connectivity index (χ0n) is 11.1. The van der Waals surface area contributed by atoms with Crippen molar-refractivity contribution in [1.82, 2.24) is 10.2 Å². The highest BCUT2D eigenvalue weighted by Crippen LogP contribution is 2.22. The van der Waals surface area contributed by atoms with E-state index in [4.69, 9.17) is 9.66 Å². The smallest absolute Gasteiger partial charge is 0.298 e. The van der Waals surface area contributed by atoms with E-state index in [0.29, 0.717) is 0 Å². The molecular formula is C12H20N2O4S. The van der Waals surface area contributed by atoms with Gasteiger partial charge in [0, 0.05) is 26.2 Å². The lowest BCUT2D eigenvalue weighted by molar-refractivity contribution is 0.291. The number of rotatable bonds is 1. The monoisotopic (exact) mass is 288 g/mol. The molecule has 1 heterocycles. The fourth-order valence-corrected chi connectivity index (χ4v) is 2.19. The van der Waals surface area contributed by atoms with Gasteiger partial charge in [0.05, 0.1) is 0 Å². The third kappa shape index (κ3) is 5.56. The van der Waals surface area contributed by atoms with Gasteiger partial charge in [0.25, 0.3) is 10.1 Å². The van der Waals surface area contributed by atoms with Crippen molar-refractivity contribution < 1.29 is 18.1 Å². The van der Waals surface area contributed by atoms with Crippen molar-refractivity contribution in [3.8, 4) is 5.75 Å². The molecular weight excluding hydrogens is 268 g/mol. The Morgan fingerprint density at radius 3 is 2.21 bits per heavy atom. The van der Waals surface area contributed by atoms with Crippen LogP contribution in [0.3, 0.4) is 0 Å². The number of nitrogens with zero attached hydrogens (tertiary/aromatic N) is 1. The molecule has 6 nitrogen and oxygen atoms in total. The van der Waals surface area contributed by atoms with Crippen LogP contribution in [0.15, 0.2) is 23.1 Å². The van der Waals surface area contributed by atoms with Crippen LogP contribution in [0.4, 0.5) is 0 Å². The first-order valence-electron chi connectivity index (χ1n) is 5.97. The number of hydrogen-bond donors (Lipinski definition) is 3. The molecule has 0 aromatic heterocycles. The number of phenols is 1. The standard InChI is InChI=1S/C7H8O4S.C5H12N2/c1-5-2-3-7(6(8)4-5)12(9,10)11;1-7-4-2-6-3-5-7/h2-4,8H,1H3,(H,9,10,11);6H,2-5H2,1H3. The number of piperazine rings is 1. The zero-order chi connectivity index (χ0) is 14.5. The van der Waals surface area contributed by atoms with Crippen molar-refractivity contribution in [3.05, 3.63) is 23.8 Å². The minimum atomic E-state index is -4.30. The molecule has 0 spiro atoms. The van der Waals surface area contributed by atoms with E-state index < -0.39 is 20.8 Å². The quantitative estimate of drug-likeness (QED) is 0.651. The first-order valence-corrected chi connectivity index (χ1v) is 7.41. The van der Waals surface area contributed by atoms with E-state index in [1.54, 1.807) is 6.92 Å². The Balaban J connectivity index is 0.000000218. The fourth-order valence-electron chi connectivity index (χ4n) is 1.62. The molecule has 3 N–H and O–H groups in total. The van der Waals surface area contributed by atoms with Gasteiger partial charge in [0.1, 0.15) is 10.6 Å². The summed E-state index contributed by atoms with van der Waals surface area (Å²) >= 11 is 0. The van der Waals surface area contributed by atoms with Gasteiger partial charge in [-0.2, -0.15) is 8.42 Å². The van der Waals surface area contributed by atoms with Crippen LogP contribution in [0.1, 0.15) is 5.56 Å². The molecule has 7 heteroatoms. The second-order valence-electron chi connectivity index (χ2n) is 4.50. The topological polar surface area (TPSA) is 89.9 Å². The summed E-state index contributed by atoms with van der Waals surface area (Å²) in [5.74, 6) is -0.433. The minimum absolute atomic E-state index is 0.433. The number of aryl methyl sites for hydroxylation is 1. The largest absolute Gasteiger partial charge is 0.506 e. The minimum Gasteiger partial charge on any atom is -0.506 e. The van der Waals surface area contributed by atoms with Gasteiger partial charge in [0.15, 0.2) is 0 Å². The Kier molecular flexibility index (Phi) is 5.74. The van der Waals surface area contributed by atoms with Crippen molar-refractivity contribution >= 4 is 10.1 Å². The maximum Gasteiger partial charge on any atom is 0.298 e. The summed E-state index contributed by atoms with van der Waals surface area (Å²) in [7, 11) is -2.15. The lowest BCUT2D eigenvalue weighted by atomic mass is 10.2. The predicted octanol–water partition coefficient (Wildman–Crippen LogP) is 0.469. The maximum atomic E-state index is 10.6. The van der Waals surface area contributed by atoms with E-state index in [1.165, 1.54) is 25.2 Å². The van der Waals surface area contributed by atoms with Crippen LogP contribution < -0.4 is 5.32 Å². The van der Waals surface area contributed by atoms with Gasteiger partial charge in [-0.1, -0.05) is 6.07 Å². The van der Waals surface area contributed by atoms with Crippen molar-refractivity contribution in [2.24, 2.45) is 0 Å².